The molecule has 30 heavy (non-hydrogen) atoms. The fourth-order valence-corrected chi connectivity index (χ4v) is 3.03. The van der Waals surface area contributed by atoms with Crippen LogP contribution in [0, 0.1) is 13.8 Å². The van der Waals surface area contributed by atoms with Gasteiger partial charge in [0.15, 0.2) is 11.4 Å². The summed E-state index contributed by atoms with van der Waals surface area (Å²) in [5, 5.41) is 35.1. The van der Waals surface area contributed by atoms with Crippen LogP contribution in [0.15, 0.2) is 56.9 Å². The summed E-state index contributed by atoms with van der Waals surface area (Å²) < 4.78 is 0. The lowest BCUT2D eigenvalue weighted by Crippen LogP contribution is -2.06. The Kier molecular flexibility index (Phi) is 4.59. The number of rotatable bonds is 2. The highest BCUT2D eigenvalue weighted by Crippen LogP contribution is 2.37. The minimum Gasteiger partial charge on any atom is -0.493 e. The predicted octanol–water partition coefficient (Wildman–Crippen LogP) is 4.60. The third-order valence-corrected chi connectivity index (χ3v) is 4.48. The topological polar surface area (TPSA) is 156 Å². The standard InChI is InChI=1S/C20H16N6O4/c1-9-3-5-13-11(7-9)15(17(27)21-13)23-25-19(29)20(30)26-24-16-12-8-10(2)4-6-14(12)22-18(16)28/h3-8,21-22,27-28H,1-2H3. The number of aromatic amines is 2. The molecule has 10 nitrogen and oxygen atoms in total. The van der Waals surface area contributed by atoms with E-state index in [0.29, 0.717) is 21.8 Å². The second-order valence-electron chi connectivity index (χ2n) is 6.75. The molecule has 0 unspecified atom stereocenters. The van der Waals surface area contributed by atoms with E-state index in [0.717, 1.165) is 11.1 Å². The van der Waals surface area contributed by atoms with Crippen molar-refractivity contribution in [1.29, 1.82) is 0 Å². The summed E-state index contributed by atoms with van der Waals surface area (Å²) in [7, 11) is 0. The average Bonchev–Trinajstić information content (AvgIpc) is 3.18. The number of hydrogen-bond acceptors (Lipinski definition) is 6. The Bertz CT molecular complexity index is 1270. The summed E-state index contributed by atoms with van der Waals surface area (Å²) in [6, 6.07) is 10.7. The van der Waals surface area contributed by atoms with Crippen molar-refractivity contribution in [3.63, 3.8) is 0 Å². The Morgan fingerprint density at radius 3 is 1.53 bits per heavy atom. The van der Waals surface area contributed by atoms with Gasteiger partial charge in [0.2, 0.25) is 11.8 Å². The number of H-pyrrole nitrogens is 2. The van der Waals surface area contributed by atoms with E-state index in [4.69, 9.17) is 0 Å². The smallest absolute Gasteiger partial charge is 0.357 e. The first-order valence-electron chi connectivity index (χ1n) is 8.88. The van der Waals surface area contributed by atoms with E-state index in [9.17, 15) is 19.8 Å². The number of azo groups is 2. The highest BCUT2D eigenvalue weighted by Gasteiger charge is 2.16. The van der Waals surface area contributed by atoms with Gasteiger partial charge in [0.1, 0.15) is 0 Å². The molecular weight excluding hydrogens is 388 g/mol. The predicted molar refractivity (Wildman–Crippen MR) is 108 cm³/mol. The molecule has 0 fully saturated rings. The van der Waals surface area contributed by atoms with Gasteiger partial charge in [-0.3, -0.25) is 9.59 Å². The van der Waals surface area contributed by atoms with Crippen molar-refractivity contribution < 1.29 is 19.8 Å². The van der Waals surface area contributed by atoms with E-state index in [1.54, 1.807) is 24.3 Å². The third kappa shape index (κ3) is 3.41. The highest BCUT2D eigenvalue weighted by atomic mass is 16.3. The Morgan fingerprint density at radius 1 is 0.733 bits per heavy atom. The Hall–Kier alpha value is -4.34. The highest BCUT2D eigenvalue weighted by molar-refractivity contribution is 6.35. The summed E-state index contributed by atoms with van der Waals surface area (Å²) in [4.78, 5) is 29.4. The van der Waals surface area contributed by atoms with Gasteiger partial charge in [0.25, 0.3) is 0 Å². The number of benzene rings is 2. The molecule has 0 aliphatic rings. The van der Waals surface area contributed by atoms with E-state index in [2.05, 4.69) is 30.4 Å². The normalized spacial score (nSPS) is 11.9. The van der Waals surface area contributed by atoms with Crippen LogP contribution in [0.25, 0.3) is 21.8 Å². The molecule has 0 aliphatic heterocycles. The maximum atomic E-state index is 12.0. The number of aryl methyl sites for hydroxylation is 2. The van der Waals surface area contributed by atoms with E-state index in [1.165, 1.54) is 0 Å². The summed E-state index contributed by atoms with van der Waals surface area (Å²) in [5.41, 5.74) is 3.13. The first kappa shape index (κ1) is 19.0. The second-order valence-corrected chi connectivity index (χ2v) is 6.75. The largest absolute Gasteiger partial charge is 0.493 e. The lowest BCUT2D eigenvalue weighted by atomic mass is 10.1. The quantitative estimate of drug-likeness (QED) is 0.284. The zero-order valence-corrected chi connectivity index (χ0v) is 16.0. The number of hydrogen-bond donors (Lipinski definition) is 4. The SMILES string of the molecule is Cc1ccc2[nH]c(O)c(N=NC(=O)C(=O)N=Nc3c(O)[nH]c4ccc(C)cc34)c2c1. The first-order chi connectivity index (χ1) is 14.3. The van der Waals surface area contributed by atoms with Crippen molar-refractivity contribution in [1.82, 2.24) is 9.97 Å². The molecule has 0 bridgehead atoms. The van der Waals surface area contributed by atoms with Crippen molar-refractivity contribution in [3.05, 3.63) is 47.5 Å². The van der Waals surface area contributed by atoms with E-state index >= 15 is 0 Å². The number of aromatic hydroxyl groups is 2. The molecule has 4 N–H and O–H groups in total. The van der Waals surface area contributed by atoms with Gasteiger partial charge in [0, 0.05) is 10.8 Å². The van der Waals surface area contributed by atoms with Gasteiger partial charge in [-0.25, -0.2) is 0 Å². The zero-order chi connectivity index (χ0) is 21.4. The van der Waals surface area contributed by atoms with E-state index in [1.807, 2.05) is 26.0 Å². The van der Waals surface area contributed by atoms with Crippen LogP contribution in [0.3, 0.4) is 0 Å². The van der Waals surface area contributed by atoms with Gasteiger partial charge in [-0.2, -0.15) is 0 Å². The maximum absolute atomic E-state index is 12.0. The number of fused-ring (bicyclic) bond motifs is 2. The molecule has 4 aromatic rings. The van der Waals surface area contributed by atoms with Crippen LogP contribution in [-0.4, -0.2) is 32.0 Å². The van der Waals surface area contributed by atoms with Crippen molar-refractivity contribution in [2.45, 2.75) is 13.8 Å². The molecule has 4 rings (SSSR count). The van der Waals surface area contributed by atoms with Crippen molar-refractivity contribution in [3.8, 4) is 11.8 Å². The molecule has 0 aliphatic carbocycles. The van der Waals surface area contributed by atoms with E-state index in [-0.39, 0.29) is 23.1 Å². The van der Waals surface area contributed by atoms with Gasteiger partial charge in [-0.05, 0) is 38.1 Å². The van der Waals surface area contributed by atoms with Crippen molar-refractivity contribution in [2.24, 2.45) is 20.5 Å². The summed E-state index contributed by atoms with van der Waals surface area (Å²) in [6.45, 7) is 3.72. The molecule has 2 amide bonds. The number of nitrogens with one attached hydrogen (secondary N) is 2. The minimum absolute atomic E-state index is 0.0385. The van der Waals surface area contributed by atoms with Crippen molar-refractivity contribution >= 4 is 45.0 Å². The molecule has 0 saturated carbocycles. The summed E-state index contributed by atoms with van der Waals surface area (Å²) in [6.07, 6.45) is 0. The average molecular weight is 404 g/mol. The van der Waals surface area contributed by atoms with Crippen LogP contribution < -0.4 is 0 Å². The minimum atomic E-state index is -1.27. The number of amides is 2. The Balaban J connectivity index is 1.57. The fourth-order valence-electron chi connectivity index (χ4n) is 3.03. The molecule has 10 heteroatoms. The van der Waals surface area contributed by atoms with Crippen LogP contribution in [0.5, 0.6) is 11.8 Å². The number of carbonyl (C=O) groups excluding carboxylic acids is 2. The van der Waals surface area contributed by atoms with Crippen LogP contribution in [0.1, 0.15) is 11.1 Å². The number of nitrogens with zero attached hydrogens (tertiary/aromatic N) is 4. The third-order valence-electron chi connectivity index (χ3n) is 4.48. The summed E-state index contributed by atoms with van der Waals surface area (Å²) >= 11 is 0. The van der Waals surface area contributed by atoms with Gasteiger partial charge in [-0.15, -0.1) is 20.5 Å². The van der Waals surface area contributed by atoms with Crippen LogP contribution in [0.4, 0.5) is 11.4 Å². The molecular formula is C20H16N6O4. The molecule has 2 aromatic heterocycles. The van der Waals surface area contributed by atoms with Gasteiger partial charge < -0.3 is 20.2 Å². The Morgan fingerprint density at radius 2 is 1.13 bits per heavy atom. The van der Waals surface area contributed by atoms with Crippen LogP contribution in [0.2, 0.25) is 0 Å². The number of carbonyl (C=O) groups is 2. The zero-order valence-electron chi connectivity index (χ0n) is 16.0. The summed E-state index contributed by atoms with van der Waals surface area (Å²) in [5.74, 6) is -3.09. The van der Waals surface area contributed by atoms with E-state index < -0.39 is 11.8 Å². The fraction of sp³-hybridized carbons (Fsp3) is 0.100. The lowest BCUT2D eigenvalue weighted by molar-refractivity contribution is -0.135. The van der Waals surface area contributed by atoms with Gasteiger partial charge >= 0.3 is 11.8 Å². The van der Waals surface area contributed by atoms with Crippen LogP contribution >= 0.6 is 0 Å². The molecule has 0 radical (unpaired) electrons. The second kappa shape index (κ2) is 7.24. The molecule has 0 saturated heterocycles. The Labute approximate surface area is 169 Å². The lowest BCUT2D eigenvalue weighted by Gasteiger charge is -1.94. The molecule has 2 heterocycles. The van der Waals surface area contributed by atoms with Gasteiger partial charge in [-0.1, -0.05) is 23.3 Å². The maximum Gasteiger partial charge on any atom is 0.357 e. The van der Waals surface area contributed by atoms with Crippen molar-refractivity contribution in [2.75, 3.05) is 0 Å². The van der Waals surface area contributed by atoms with Gasteiger partial charge in [0.05, 0.1) is 11.0 Å². The molecule has 2 aromatic carbocycles. The molecule has 0 atom stereocenters. The molecule has 0 spiro atoms. The number of aromatic nitrogens is 2. The molecule has 150 valence electrons. The first-order valence-corrected chi connectivity index (χ1v) is 8.88. The van der Waals surface area contributed by atoms with Crippen LogP contribution in [-0.2, 0) is 9.59 Å². The monoisotopic (exact) mass is 404 g/mol.